The van der Waals surface area contributed by atoms with Crippen LogP contribution in [0.1, 0.15) is 36.2 Å². The van der Waals surface area contributed by atoms with Crippen LogP contribution < -0.4 is 5.32 Å². The van der Waals surface area contributed by atoms with Crippen molar-refractivity contribution in [2.45, 2.75) is 32.7 Å². The Bertz CT molecular complexity index is 563. The molecule has 0 bridgehead atoms. The van der Waals surface area contributed by atoms with Crippen LogP contribution in [0, 0.1) is 6.92 Å². The van der Waals surface area contributed by atoms with Crippen molar-refractivity contribution in [3.8, 4) is 0 Å². The predicted octanol–water partition coefficient (Wildman–Crippen LogP) is 3.77. The van der Waals surface area contributed by atoms with Gasteiger partial charge in [-0.1, -0.05) is 35.0 Å². The maximum absolute atomic E-state index is 4.23. The van der Waals surface area contributed by atoms with Crippen LogP contribution in [0.25, 0.3) is 0 Å². The number of nitrogens with zero attached hydrogens (tertiary/aromatic N) is 2. The van der Waals surface area contributed by atoms with Crippen molar-refractivity contribution in [3.63, 3.8) is 0 Å². The molecule has 108 valence electrons. The third-order valence-corrected chi connectivity index (χ3v) is 4.28. The minimum absolute atomic E-state index is 0.366. The van der Waals surface area contributed by atoms with Crippen LogP contribution in [0.4, 0.5) is 0 Å². The molecule has 0 spiro atoms. The quantitative estimate of drug-likeness (QED) is 0.870. The van der Waals surface area contributed by atoms with Gasteiger partial charge < -0.3 is 5.32 Å². The summed E-state index contributed by atoms with van der Waals surface area (Å²) in [4.78, 5) is 0. The number of aryl methyl sites for hydroxylation is 3. The second-order valence-corrected chi connectivity index (χ2v) is 5.97. The molecular formula is C16H22BrN3. The fourth-order valence-corrected chi connectivity index (χ4v) is 3.24. The molecule has 1 aromatic heterocycles. The number of nitrogens with one attached hydrogen (secondary N) is 1. The Kier molecular flexibility index (Phi) is 5.38. The highest BCUT2D eigenvalue weighted by molar-refractivity contribution is 9.10. The molecule has 0 saturated carbocycles. The van der Waals surface area contributed by atoms with Crippen LogP contribution in [-0.2, 0) is 13.5 Å². The van der Waals surface area contributed by atoms with Crippen LogP contribution in [0.5, 0.6) is 0 Å². The monoisotopic (exact) mass is 335 g/mol. The van der Waals surface area contributed by atoms with Gasteiger partial charge in [-0.25, -0.2) is 0 Å². The maximum Gasteiger partial charge on any atom is 0.0492 e. The van der Waals surface area contributed by atoms with E-state index in [1.165, 1.54) is 21.3 Å². The molecule has 0 saturated heterocycles. The second-order valence-electron chi connectivity index (χ2n) is 5.12. The van der Waals surface area contributed by atoms with E-state index in [1.54, 1.807) is 0 Å². The fourth-order valence-electron chi connectivity index (χ4n) is 2.47. The van der Waals surface area contributed by atoms with Gasteiger partial charge in [-0.15, -0.1) is 0 Å². The molecule has 3 nitrogen and oxygen atoms in total. The summed E-state index contributed by atoms with van der Waals surface area (Å²) >= 11 is 3.69. The van der Waals surface area contributed by atoms with E-state index in [0.29, 0.717) is 6.04 Å². The summed E-state index contributed by atoms with van der Waals surface area (Å²) in [5, 5.41) is 7.81. The first-order valence-corrected chi connectivity index (χ1v) is 7.87. The first-order valence-electron chi connectivity index (χ1n) is 7.08. The highest BCUT2D eigenvalue weighted by Gasteiger charge is 2.14. The molecule has 1 heterocycles. The van der Waals surface area contributed by atoms with Gasteiger partial charge in [0, 0.05) is 29.5 Å². The van der Waals surface area contributed by atoms with Gasteiger partial charge >= 0.3 is 0 Å². The summed E-state index contributed by atoms with van der Waals surface area (Å²) in [5.41, 5.74) is 3.89. The van der Waals surface area contributed by atoms with Crippen LogP contribution >= 0.6 is 15.9 Å². The van der Waals surface area contributed by atoms with E-state index in [0.717, 1.165) is 19.4 Å². The summed E-state index contributed by atoms with van der Waals surface area (Å²) in [6.07, 6.45) is 3.95. The zero-order chi connectivity index (χ0) is 14.5. The molecule has 4 heteroatoms. The predicted molar refractivity (Wildman–Crippen MR) is 86.8 cm³/mol. The first-order chi connectivity index (χ1) is 9.61. The molecule has 2 rings (SSSR count). The molecule has 1 N–H and O–H groups in total. The molecule has 2 aromatic rings. The van der Waals surface area contributed by atoms with Crippen LogP contribution in [-0.4, -0.2) is 16.3 Å². The van der Waals surface area contributed by atoms with Gasteiger partial charge in [0.2, 0.25) is 0 Å². The lowest BCUT2D eigenvalue weighted by Gasteiger charge is -2.20. The van der Waals surface area contributed by atoms with E-state index >= 15 is 0 Å². The van der Waals surface area contributed by atoms with E-state index < -0.39 is 0 Å². The van der Waals surface area contributed by atoms with Gasteiger partial charge in [-0.05, 0) is 49.6 Å². The first kappa shape index (κ1) is 15.3. The minimum atomic E-state index is 0.366. The summed E-state index contributed by atoms with van der Waals surface area (Å²) in [6.45, 7) is 5.24. The van der Waals surface area contributed by atoms with Crippen molar-refractivity contribution in [2.75, 3.05) is 6.54 Å². The lowest BCUT2D eigenvalue weighted by molar-refractivity contribution is 0.504. The standard InChI is InChI=1S/C16H22BrN3/c1-4-18-16(8-6-13-9-10-19-20(13)3)14-7-5-12(2)11-15(14)17/h5,7,9-11,16,18H,4,6,8H2,1-3H3. The summed E-state index contributed by atoms with van der Waals surface area (Å²) in [7, 11) is 2.00. The number of aromatic nitrogens is 2. The number of hydrogen-bond donors (Lipinski definition) is 1. The zero-order valence-corrected chi connectivity index (χ0v) is 13.9. The van der Waals surface area contributed by atoms with Crippen molar-refractivity contribution in [2.24, 2.45) is 7.05 Å². The lowest BCUT2D eigenvalue weighted by Crippen LogP contribution is -2.22. The smallest absolute Gasteiger partial charge is 0.0492 e. The molecule has 20 heavy (non-hydrogen) atoms. The Balaban J connectivity index is 2.12. The second kappa shape index (κ2) is 7.04. The van der Waals surface area contributed by atoms with Gasteiger partial charge in [0.05, 0.1) is 0 Å². The van der Waals surface area contributed by atoms with Crippen molar-refractivity contribution in [1.29, 1.82) is 0 Å². The largest absolute Gasteiger partial charge is 0.310 e. The Morgan fingerprint density at radius 2 is 2.15 bits per heavy atom. The van der Waals surface area contributed by atoms with Gasteiger partial charge in [-0.2, -0.15) is 5.10 Å². The molecule has 0 fully saturated rings. The van der Waals surface area contributed by atoms with Crippen molar-refractivity contribution >= 4 is 15.9 Å². The van der Waals surface area contributed by atoms with Crippen molar-refractivity contribution in [3.05, 3.63) is 51.8 Å². The molecule has 0 aliphatic heterocycles. The Labute approximate surface area is 129 Å². The summed E-state index contributed by atoms with van der Waals surface area (Å²) < 4.78 is 3.14. The van der Waals surface area contributed by atoms with E-state index in [1.807, 2.05) is 17.9 Å². The van der Waals surface area contributed by atoms with Crippen LogP contribution in [0.15, 0.2) is 34.9 Å². The van der Waals surface area contributed by atoms with Crippen LogP contribution in [0.2, 0.25) is 0 Å². The third kappa shape index (κ3) is 3.70. The topological polar surface area (TPSA) is 29.9 Å². The number of halogens is 1. The Morgan fingerprint density at radius 3 is 2.75 bits per heavy atom. The Hall–Kier alpha value is -1.13. The highest BCUT2D eigenvalue weighted by atomic mass is 79.9. The summed E-state index contributed by atoms with van der Waals surface area (Å²) in [5.74, 6) is 0. The number of hydrogen-bond acceptors (Lipinski definition) is 2. The van der Waals surface area contributed by atoms with Crippen molar-refractivity contribution in [1.82, 2.24) is 15.1 Å². The molecule has 0 amide bonds. The number of benzene rings is 1. The maximum atomic E-state index is 4.23. The van der Waals surface area contributed by atoms with E-state index in [4.69, 9.17) is 0 Å². The molecule has 0 radical (unpaired) electrons. The van der Waals surface area contributed by atoms with Gasteiger partial charge in [0.1, 0.15) is 0 Å². The van der Waals surface area contributed by atoms with Gasteiger partial charge in [0.15, 0.2) is 0 Å². The van der Waals surface area contributed by atoms with E-state index in [9.17, 15) is 0 Å². The molecule has 1 atom stereocenters. The molecule has 1 aromatic carbocycles. The van der Waals surface area contributed by atoms with Crippen LogP contribution in [0.3, 0.4) is 0 Å². The summed E-state index contributed by atoms with van der Waals surface area (Å²) in [6, 6.07) is 9.03. The van der Waals surface area contributed by atoms with Crippen molar-refractivity contribution < 1.29 is 0 Å². The van der Waals surface area contributed by atoms with Gasteiger partial charge in [-0.3, -0.25) is 4.68 Å². The van der Waals surface area contributed by atoms with Gasteiger partial charge in [0.25, 0.3) is 0 Å². The fraction of sp³-hybridized carbons (Fsp3) is 0.438. The third-order valence-electron chi connectivity index (χ3n) is 3.59. The number of rotatable bonds is 6. The highest BCUT2D eigenvalue weighted by Crippen LogP contribution is 2.27. The zero-order valence-electron chi connectivity index (χ0n) is 12.4. The average molecular weight is 336 g/mol. The molecular weight excluding hydrogens is 314 g/mol. The van der Waals surface area contributed by atoms with E-state index in [2.05, 4.69) is 64.5 Å². The minimum Gasteiger partial charge on any atom is -0.310 e. The average Bonchev–Trinajstić information content (AvgIpc) is 2.81. The lowest BCUT2D eigenvalue weighted by atomic mass is 10.00. The normalized spacial score (nSPS) is 12.6. The van der Waals surface area contributed by atoms with E-state index in [-0.39, 0.29) is 0 Å². The molecule has 0 aliphatic carbocycles. The Morgan fingerprint density at radius 1 is 1.35 bits per heavy atom. The SMILES string of the molecule is CCNC(CCc1ccnn1C)c1ccc(C)cc1Br. The molecule has 0 aliphatic rings. The molecule has 1 unspecified atom stereocenters.